The molecule has 3 aliphatic carbocycles. The third-order valence-corrected chi connectivity index (χ3v) is 15.3. The molecule has 11 aromatic carbocycles. The molecule has 1 heteroatoms. The first-order valence-corrected chi connectivity index (χ1v) is 22.9. The molecule has 14 rings (SSSR count). The highest BCUT2D eigenvalue weighted by atomic mass is 15.1. The molecule has 1 unspecified atom stereocenters. The second kappa shape index (κ2) is 13.3. The van der Waals surface area contributed by atoms with Crippen LogP contribution in [0.5, 0.6) is 0 Å². The SMILES string of the molecule is CC1(C)c2ccccc2-c2ccc(N(c3ccc4ccccc4c3)c3ccc4c5c(cccc35)C3(c5ccccc5-c5ccc(-c6ccccc6)c6cccc3c56)c3ccccc3-4)cc21. The summed E-state index contributed by atoms with van der Waals surface area (Å²) in [5, 5.41) is 7.61. The van der Waals surface area contributed by atoms with E-state index in [1.54, 1.807) is 0 Å². The summed E-state index contributed by atoms with van der Waals surface area (Å²) in [5.41, 5.74) is 21.1. The maximum Gasteiger partial charge on any atom is 0.0725 e. The fourth-order valence-corrected chi connectivity index (χ4v) is 12.5. The van der Waals surface area contributed by atoms with Crippen molar-refractivity contribution in [1.82, 2.24) is 0 Å². The minimum atomic E-state index is -0.586. The molecule has 1 nitrogen and oxygen atoms in total. The Balaban J connectivity index is 1.08. The zero-order valence-corrected chi connectivity index (χ0v) is 36.3. The van der Waals surface area contributed by atoms with E-state index in [1.165, 1.54) is 110 Å². The molecule has 0 amide bonds. The van der Waals surface area contributed by atoms with E-state index in [-0.39, 0.29) is 5.41 Å². The molecule has 304 valence electrons. The molecule has 0 aliphatic heterocycles. The highest BCUT2D eigenvalue weighted by molar-refractivity contribution is 6.16. The van der Waals surface area contributed by atoms with Crippen LogP contribution in [0.1, 0.15) is 47.2 Å². The van der Waals surface area contributed by atoms with Crippen LogP contribution in [-0.2, 0) is 10.8 Å². The molecule has 1 spiro atoms. The van der Waals surface area contributed by atoms with Gasteiger partial charge in [-0.1, -0.05) is 208 Å². The quantitative estimate of drug-likeness (QED) is 0.171. The van der Waals surface area contributed by atoms with Crippen LogP contribution in [0, 0.1) is 0 Å². The average Bonchev–Trinajstić information content (AvgIpc) is 3.59. The number of nitrogens with zero attached hydrogens (tertiary/aromatic N) is 1. The van der Waals surface area contributed by atoms with Crippen LogP contribution in [0.25, 0.3) is 76.8 Å². The molecule has 0 N–H and O–H groups in total. The molecule has 3 aliphatic rings. The maximum atomic E-state index is 2.53. The van der Waals surface area contributed by atoms with Crippen LogP contribution in [0.4, 0.5) is 17.1 Å². The highest BCUT2D eigenvalue weighted by Crippen LogP contribution is 2.62. The summed E-state index contributed by atoms with van der Waals surface area (Å²) >= 11 is 0. The van der Waals surface area contributed by atoms with Crippen molar-refractivity contribution in [2.24, 2.45) is 0 Å². The molecular formula is C64H43N. The van der Waals surface area contributed by atoms with E-state index >= 15 is 0 Å². The standard InChI is InChI=1S/C64H43N/c1-63(2)54-25-11-8-20-46(54)49-33-32-44(39-59(49)63)65(43-31-30-40-16-6-7-19-42(40)38-43)60-37-36-52-48-22-10-13-27-56(48)64(58-29-15-24-53(60)62(52)58)55-26-12-9-21-47(55)51-35-34-45(41-17-4-3-5-18-41)50-23-14-28-57(64)61(50)51/h3-39H,1-2H3. The molecule has 0 radical (unpaired) electrons. The van der Waals surface area contributed by atoms with Crippen molar-refractivity contribution >= 4 is 49.4 Å². The topological polar surface area (TPSA) is 3.24 Å². The van der Waals surface area contributed by atoms with Gasteiger partial charge in [0.1, 0.15) is 0 Å². The lowest BCUT2D eigenvalue weighted by Crippen LogP contribution is -2.36. The van der Waals surface area contributed by atoms with Gasteiger partial charge >= 0.3 is 0 Å². The highest BCUT2D eigenvalue weighted by Gasteiger charge is 2.49. The zero-order valence-electron chi connectivity index (χ0n) is 36.3. The van der Waals surface area contributed by atoms with E-state index in [0.717, 1.165) is 17.1 Å². The largest absolute Gasteiger partial charge is 0.310 e. The van der Waals surface area contributed by atoms with Gasteiger partial charge in [-0.2, -0.15) is 0 Å². The predicted octanol–water partition coefficient (Wildman–Crippen LogP) is 16.9. The Hall–Kier alpha value is -8.00. The molecule has 0 saturated carbocycles. The Morgan fingerprint density at radius 3 is 1.52 bits per heavy atom. The smallest absolute Gasteiger partial charge is 0.0725 e. The van der Waals surface area contributed by atoms with Crippen LogP contribution in [0.15, 0.2) is 224 Å². The van der Waals surface area contributed by atoms with Crippen LogP contribution in [-0.4, -0.2) is 0 Å². The van der Waals surface area contributed by atoms with Gasteiger partial charge in [0.05, 0.1) is 11.1 Å². The third-order valence-electron chi connectivity index (χ3n) is 15.3. The molecule has 0 aromatic heterocycles. The molecule has 11 aromatic rings. The van der Waals surface area contributed by atoms with Crippen molar-refractivity contribution in [2.75, 3.05) is 4.90 Å². The van der Waals surface area contributed by atoms with Crippen molar-refractivity contribution in [2.45, 2.75) is 24.7 Å². The Morgan fingerprint density at radius 2 is 0.800 bits per heavy atom. The summed E-state index contributed by atoms with van der Waals surface area (Å²) in [4.78, 5) is 2.53. The molecular weight excluding hydrogens is 783 g/mol. The molecule has 65 heavy (non-hydrogen) atoms. The Bertz CT molecular complexity index is 3820. The molecule has 0 heterocycles. The number of benzene rings is 11. The summed E-state index contributed by atoms with van der Waals surface area (Å²) in [5.74, 6) is 0. The van der Waals surface area contributed by atoms with Crippen LogP contribution in [0.2, 0.25) is 0 Å². The summed E-state index contributed by atoms with van der Waals surface area (Å²) in [6, 6.07) is 84.8. The predicted molar refractivity (Wildman–Crippen MR) is 273 cm³/mol. The Kier molecular flexibility index (Phi) is 7.45. The van der Waals surface area contributed by atoms with E-state index < -0.39 is 5.41 Å². The van der Waals surface area contributed by atoms with E-state index in [1.807, 2.05) is 0 Å². The van der Waals surface area contributed by atoms with Crippen LogP contribution in [0.3, 0.4) is 0 Å². The van der Waals surface area contributed by atoms with Crippen LogP contribution >= 0.6 is 0 Å². The van der Waals surface area contributed by atoms with Gasteiger partial charge in [0, 0.05) is 22.2 Å². The monoisotopic (exact) mass is 825 g/mol. The van der Waals surface area contributed by atoms with Crippen LogP contribution < -0.4 is 4.90 Å². The van der Waals surface area contributed by atoms with Crippen molar-refractivity contribution < 1.29 is 0 Å². The molecule has 0 saturated heterocycles. The van der Waals surface area contributed by atoms with E-state index in [0.29, 0.717) is 0 Å². The van der Waals surface area contributed by atoms with Gasteiger partial charge in [-0.05, 0) is 135 Å². The van der Waals surface area contributed by atoms with Crippen molar-refractivity contribution in [3.63, 3.8) is 0 Å². The first-order valence-electron chi connectivity index (χ1n) is 22.9. The van der Waals surface area contributed by atoms with Crippen molar-refractivity contribution in [3.8, 4) is 44.5 Å². The first-order chi connectivity index (χ1) is 32.0. The number of anilines is 3. The minimum absolute atomic E-state index is 0.140. The lowest BCUT2D eigenvalue weighted by atomic mass is 9.55. The minimum Gasteiger partial charge on any atom is -0.310 e. The van der Waals surface area contributed by atoms with Gasteiger partial charge in [-0.3, -0.25) is 0 Å². The fourth-order valence-electron chi connectivity index (χ4n) is 12.5. The number of hydrogen-bond acceptors (Lipinski definition) is 1. The lowest BCUT2D eigenvalue weighted by molar-refractivity contribution is 0.660. The summed E-state index contributed by atoms with van der Waals surface area (Å²) in [7, 11) is 0. The second-order valence-electron chi connectivity index (χ2n) is 18.7. The lowest BCUT2D eigenvalue weighted by Gasteiger charge is -2.46. The summed E-state index contributed by atoms with van der Waals surface area (Å²) in [6.45, 7) is 4.76. The number of hydrogen-bond donors (Lipinski definition) is 0. The zero-order chi connectivity index (χ0) is 43.0. The molecule has 1 atom stereocenters. The Morgan fingerprint density at radius 1 is 0.308 bits per heavy atom. The van der Waals surface area contributed by atoms with Crippen molar-refractivity contribution in [1.29, 1.82) is 0 Å². The van der Waals surface area contributed by atoms with E-state index in [9.17, 15) is 0 Å². The third kappa shape index (κ3) is 4.82. The van der Waals surface area contributed by atoms with Gasteiger partial charge < -0.3 is 4.90 Å². The normalized spacial score (nSPS) is 15.7. The average molecular weight is 826 g/mol. The van der Waals surface area contributed by atoms with Gasteiger partial charge in [0.25, 0.3) is 0 Å². The van der Waals surface area contributed by atoms with Gasteiger partial charge in [-0.15, -0.1) is 0 Å². The van der Waals surface area contributed by atoms with Gasteiger partial charge in [0.15, 0.2) is 0 Å². The number of fused-ring (bicyclic) bond motifs is 12. The molecule has 0 bridgehead atoms. The first kappa shape index (κ1) is 36.5. The van der Waals surface area contributed by atoms with E-state index in [4.69, 9.17) is 0 Å². The van der Waals surface area contributed by atoms with Gasteiger partial charge in [0.2, 0.25) is 0 Å². The van der Waals surface area contributed by atoms with Crippen molar-refractivity contribution in [3.05, 3.63) is 258 Å². The second-order valence-corrected chi connectivity index (χ2v) is 18.7. The maximum absolute atomic E-state index is 2.53. The summed E-state index contributed by atoms with van der Waals surface area (Å²) < 4.78 is 0. The fraction of sp³-hybridized carbons (Fsp3) is 0.0625. The van der Waals surface area contributed by atoms with Gasteiger partial charge in [-0.25, -0.2) is 0 Å². The number of rotatable bonds is 4. The van der Waals surface area contributed by atoms with E-state index in [2.05, 4.69) is 243 Å². The summed E-state index contributed by atoms with van der Waals surface area (Å²) in [6.07, 6.45) is 0. The Labute approximate surface area is 379 Å². The molecule has 0 fully saturated rings.